The molecule has 1 aromatic heterocycles. The molecule has 1 aromatic rings. The minimum atomic E-state index is 0.493. The Labute approximate surface area is 174 Å². The molecule has 7 heteroatoms. The number of nitrogens with zero attached hydrogens (tertiary/aromatic N) is 4. The first-order chi connectivity index (χ1) is 13.7. The van der Waals surface area contributed by atoms with Crippen LogP contribution in [0.3, 0.4) is 0 Å². The highest BCUT2D eigenvalue weighted by molar-refractivity contribution is 7.80. The molecule has 0 spiro atoms. The van der Waals surface area contributed by atoms with Crippen LogP contribution in [0.4, 0.5) is 17.6 Å². The summed E-state index contributed by atoms with van der Waals surface area (Å²) in [4.78, 5) is 14.5. The average molecular weight is 403 g/mol. The van der Waals surface area contributed by atoms with Crippen molar-refractivity contribution in [3.63, 3.8) is 0 Å². The molecular formula is C21H34N6S. The van der Waals surface area contributed by atoms with E-state index in [1.165, 1.54) is 57.8 Å². The van der Waals surface area contributed by atoms with E-state index in [1.807, 2.05) is 0 Å². The molecule has 4 rings (SSSR count). The van der Waals surface area contributed by atoms with Crippen molar-refractivity contribution in [1.29, 1.82) is 0 Å². The summed E-state index contributed by atoms with van der Waals surface area (Å²) in [6, 6.07) is 2.68. The highest BCUT2D eigenvalue weighted by Gasteiger charge is 2.22. The zero-order valence-electron chi connectivity index (χ0n) is 17.1. The Bertz CT molecular complexity index is 669. The molecule has 2 saturated heterocycles. The standard InChI is InChI=1S/C21H34N6S/c1-16-8-7-13-27(15-16)19-14-18(26-11-5-2-6-12-26)23-20(24-19)25-21(28)22-17-9-3-4-10-17/h14,16-17H,2-13,15H2,1H3,(H2,22,23,24,25,28). The number of piperidine rings is 2. The van der Waals surface area contributed by atoms with Crippen LogP contribution in [0, 0.1) is 5.92 Å². The van der Waals surface area contributed by atoms with Gasteiger partial charge in [0, 0.05) is 38.3 Å². The zero-order chi connectivity index (χ0) is 19.3. The van der Waals surface area contributed by atoms with Crippen LogP contribution in [0.2, 0.25) is 0 Å². The molecule has 3 heterocycles. The topological polar surface area (TPSA) is 56.3 Å². The summed E-state index contributed by atoms with van der Waals surface area (Å²) in [6.07, 6.45) is 11.3. The lowest BCUT2D eigenvalue weighted by atomic mass is 10.0. The molecule has 1 atom stereocenters. The molecule has 3 fully saturated rings. The SMILES string of the molecule is CC1CCCN(c2cc(N3CCCCC3)nc(NC(=S)NC3CCCC3)n2)C1. The van der Waals surface area contributed by atoms with Crippen LogP contribution < -0.4 is 20.4 Å². The molecule has 0 amide bonds. The molecule has 1 unspecified atom stereocenters. The lowest BCUT2D eigenvalue weighted by Crippen LogP contribution is -2.38. The second-order valence-electron chi connectivity index (χ2n) is 8.73. The van der Waals surface area contributed by atoms with E-state index in [0.717, 1.165) is 37.8 Å². The molecule has 1 aliphatic carbocycles. The third kappa shape index (κ3) is 5.04. The highest BCUT2D eigenvalue weighted by atomic mass is 32.1. The lowest BCUT2D eigenvalue weighted by Gasteiger charge is -2.33. The van der Waals surface area contributed by atoms with Crippen molar-refractivity contribution in [1.82, 2.24) is 15.3 Å². The van der Waals surface area contributed by atoms with Crippen molar-refractivity contribution in [3.8, 4) is 0 Å². The Morgan fingerprint density at radius 2 is 1.61 bits per heavy atom. The third-order valence-electron chi connectivity index (χ3n) is 6.28. The lowest BCUT2D eigenvalue weighted by molar-refractivity contribution is 0.444. The van der Waals surface area contributed by atoms with E-state index in [-0.39, 0.29) is 0 Å². The van der Waals surface area contributed by atoms with Gasteiger partial charge in [-0.05, 0) is 63.1 Å². The molecule has 0 bridgehead atoms. The van der Waals surface area contributed by atoms with E-state index in [1.54, 1.807) is 0 Å². The van der Waals surface area contributed by atoms with Gasteiger partial charge < -0.3 is 20.4 Å². The van der Waals surface area contributed by atoms with Crippen LogP contribution in [0.5, 0.6) is 0 Å². The molecule has 28 heavy (non-hydrogen) atoms. The van der Waals surface area contributed by atoms with Gasteiger partial charge in [-0.25, -0.2) is 0 Å². The maximum absolute atomic E-state index is 5.56. The van der Waals surface area contributed by atoms with Crippen molar-refractivity contribution in [2.75, 3.05) is 41.3 Å². The predicted molar refractivity (Wildman–Crippen MR) is 120 cm³/mol. The highest BCUT2D eigenvalue weighted by Crippen LogP contribution is 2.27. The summed E-state index contributed by atoms with van der Waals surface area (Å²) in [5.41, 5.74) is 0. The quantitative estimate of drug-likeness (QED) is 0.740. The van der Waals surface area contributed by atoms with Crippen molar-refractivity contribution in [2.45, 2.75) is 70.8 Å². The number of anilines is 3. The van der Waals surface area contributed by atoms with Gasteiger partial charge in [-0.1, -0.05) is 19.8 Å². The molecule has 2 aliphatic heterocycles. The molecule has 6 nitrogen and oxygen atoms in total. The Morgan fingerprint density at radius 3 is 2.32 bits per heavy atom. The monoisotopic (exact) mass is 402 g/mol. The summed E-state index contributed by atoms with van der Waals surface area (Å²) in [5, 5.41) is 7.38. The van der Waals surface area contributed by atoms with Gasteiger partial charge >= 0.3 is 0 Å². The summed E-state index contributed by atoms with van der Waals surface area (Å²) in [7, 11) is 0. The number of aromatic nitrogens is 2. The van der Waals surface area contributed by atoms with Crippen LogP contribution in [-0.4, -0.2) is 47.3 Å². The van der Waals surface area contributed by atoms with Gasteiger partial charge in [0.2, 0.25) is 5.95 Å². The second kappa shape index (κ2) is 9.25. The minimum absolute atomic E-state index is 0.493. The van der Waals surface area contributed by atoms with Gasteiger partial charge in [-0.15, -0.1) is 0 Å². The number of rotatable bonds is 4. The van der Waals surface area contributed by atoms with E-state index in [4.69, 9.17) is 22.2 Å². The van der Waals surface area contributed by atoms with Crippen molar-refractivity contribution in [2.24, 2.45) is 5.92 Å². The van der Waals surface area contributed by atoms with Gasteiger partial charge in [0.25, 0.3) is 0 Å². The van der Waals surface area contributed by atoms with Crippen molar-refractivity contribution >= 4 is 34.9 Å². The predicted octanol–water partition coefficient (Wildman–Crippen LogP) is 3.93. The van der Waals surface area contributed by atoms with E-state index < -0.39 is 0 Å². The van der Waals surface area contributed by atoms with Crippen LogP contribution in [-0.2, 0) is 0 Å². The minimum Gasteiger partial charge on any atom is -0.360 e. The Morgan fingerprint density at radius 1 is 0.929 bits per heavy atom. The van der Waals surface area contributed by atoms with E-state index in [2.05, 4.69) is 33.4 Å². The molecule has 154 valence electrons. The van der Waals surface area contributed by atoms with E-state index in [9.17, 15) is 0 Å². The summed E-state index contributed by atoms with van der Waals surface area (Å²) >= 11 is 5.56. The van der Waals surface area contributed by atoms with Crippen LogP contribution in [0.25, 0.3) is 0 Å². The van der Waals surface area contributed by atoms with Crippen LogP contribution >= 0.6 is 12.2 Å². The smallest absolute Gasteiger partial charge is 0.232 e. The number of nitrogens with one attached hydrogen (secondary N) is 2. The van der Waals surface area contributed by atoms with Gasteiger partial charge in [0.05, 0.1) is 0 Å². The average Bonchev–Trinajstić information content (AvgIpc) is 3.21. The van der Waals surface area contributed by atoms with Gasteiger partial charge in [-0.3, -0.25) is 0 Å². The number of hydrogen-bond donors (Lipinski definition) is 2. The maximum Gasteiger partial charge on any atom is 0.232 e. The van der Waals surface area contributed by atoms with Crippen LogP contribution in [0.1, 0.15) is 64.7 Å². The van der Waals surface area contributed by atoms with E-state index in [0.29, 0.717) is 23.0 Å². The first-order valence-corrected chi connectivity index (χ1v) is 11.5. The number of thiocarbonyl (C=S) groups is 1. The fraction of sp³-hybridized carbons (Fsp3) is 0.762. The Kier molecular flexibility index (Phi) is 6.50. The van der Waals surface area contributed by atoms with Gasteiger partial charge in [-0.2, -0.15) is 9.97 Å². The molecule has 1 saturated carbocycles. The summed E-state index contributed by atoms with van der Waals surface area (Å²) in [5.74, 6) is 3.41. The number of hydrogen-bond acceptors (Lipinski definition) is 5. The zero-order valence-corrected chi connectivity index (χ0v) is 17.9. The van der Waals surface area contributed by atoms with Crippen molar-refractivity contribution < 1.29 is 0 Å². The molecule has 0 aromatic carbocycles. The largest absolute Gasteiger partial charge is 0.360 e. The maximum atomic E-state index is 5.56. The first-order valence-electron chi connectivity index (χ1n) is 11.1. The fourth-order valence-electron chi connectivity index (χ4n) is 4.72. The first kappa shape index (κ1) is 19.7. The second-order valence-corrected chi connectivity index (χ2v) is 9.14. The van der Waals surface area contributed by atoms with Gasteiger partial charge in [0.15, 0.2) is 5.11 Å². The third-order valence-corrected chi connectivity index (χ3v) is 6.50. The van der Waals surface area contributed by atoms with Crippen LogP contribution in [0.15, 0.2) is 6.07 Å². The summed E-state index contributed by atoms with van der Waals surface area (Å²) in [6.45, 7) is 6.64. The summed E-state index contributed by atoms with van der Waals surface area (Å²) < 4.78 is 0. The van der Waals surface area contributed by atoms with Gasteiger partial charge in [0.1, 0.15) is 11.6 Å². The normalized spacial score (nSPS) is 23.7. The molecule has 3 aliphatic rings. The Hall–Kier alpha value is -1.63. The molecule has 0 radical (unpaired) electrons. The van der Waals surface area contributed by atoms with Crippen molar-refractivity contribution in [3.05, 3.63) is 6.07 Å². The van der Waals surface area contributed by atoms with E-state index >= 15 is 0 Å². The molecule has 2 N–H and O–H groups in total. The molecular weight excluding hydrogens is 368 g/mol. The fourth-order valence-corrected chi connectivity index (χ4v) is 4.97. The Balaban J connectivity index is 1.53.